The fourth-order valence-electron chi connectivity index (χ4n) is 3.16. The molecule has 0 heterocycles. The van der Waals surface area contributed by atoms with Crippen LogP contribution in [-0.2, 0) is 0 Å². The van der Waals surface area contributed by atoms with E-state index in [4.69, 9.17) is 0 Å². The van der Waals surface area contributed by atoms with E-state index in [1.54, 1.807) is 0 Å². The lowest BCUT2D eigenvalue weighted by molar-refractivity contribution is 1.33. The van der Waals surface area contributed by atoms with Gasteiger partial charge in [0.1, 0.15) is 0 Å². The van der Waals surface area contributed by atoms with E-state index in [9.17, 15) is 0 Å². The average molecular weight is 318 g/mol. The van der Waals surface area contributed by atoms with Crippen molar-refractivity contribution in [2.45, 2.75) is 27.7 Å². The van der Waals surface area contributed by atoms with Gasteiger partial charge >= 0.3 is 0 Å². The third kappa shape index (κ3) is 2.84. The lowest BCUT2D eigenvalue weighted by Crippen LogP contribution is -2.02. The van der Waals surface area contributed by atoms with Gasteiger partial charge in [0.2, 0.25) is 0 Å². The Morgan fingerprint density at radius 3 is 1.70 bits per heavy atom. The molecule has 0 N–H and O–H groups in total. The minimum atomic E-state index is 1.25. The Morgan fingerprint density at radius 1 is 0.565 bits per heavy atom. The summed E-state index contributed by atoms with van der Waals surface area (Å²) in [6, 6.07) is 19.7. The van der Waals surface area contributed by atoms with Crippen LogP contribution in [0.15, 0.2) is 54.6 Å². The van der Waals surface area contributed by atoms with Gasteiger partial charge in [0, 0.05) is 0 Å². The molecule has 0 spiro atoms. The standard InChI is InChI=1S/C22H23P/c1-14-8-5-10-18(16(14)3)20-12-7-13-21(23)22(20)19-11-6-9-15(2)17(19)4/h5-13H,23H2,1-4H3. The molecule has 116 valence electrons. The van der Waals surface area contributed by atoms with Crippen LogP contribution in [-0.4, -0.2) is 0 Å². The summed E-state index contributed by atoms with van der Waals surface area (Å²) in [4.78, 5) is 0. The highest BCUT2D eigenvalue weighted by Gasteiger charge is 2.14. The van der Waals surface area contributed by atoms with Crippen LogP contribution in [0.1, 0.15) is 22.3 Å². The van der Waals surface area contributed by atoms with Crippen LogP contribution < -0.4 is 5.30 Å². The van der Waals surface area contributed by atoms with Crippen molar-refractivity contribution in [3.8, 4) is 22.3 Å². The molecule has 3 aromatic carbocycles. The zero-order valence-corrected chi connectivity index (χ0v) is 15.4. The second kappa shape index (κ2) is 6.30. The van der Waals surface area contributed by atoms with Crippen molar-refractivity contribution >= 4 is 14.5 Å². The van der Waals surface area contributed by atoms with Gasteiger partial charge in [-0.25, -0.2) is 0 Å². The molecule has 0 amide bonds. The van der Waals surface area contributed by atoms with Crippen molar-refractivity contribution < 1.29 is 0 Å². The normalized spacial score (nSPS) is 10.8. The maximum atomic E-state index is 2.91. The first kappa shape index (κ1) is 16.0. The second-order valence-electron chi connectivity index (χ2n) is 6.26. The van der Waals surface area contributed by atoms with Gasteiger partial charge in [-0.2, -0.15) is 0 Å². The van der Waals surface area contributed by atoms with E-state index in [1.807, 2.05) is 0 Å². The van der Waals surface area contributed by atoms with E-state index >= 15 is 0 Å². The minimum absolute atomic E-state index is 1.25. The zero-order chi connectivity index (χ0) is 16.6. The molecule has 3 rings (SSSR count). The van der Waals surface area contributed by atoms with Crippen molar-refractivity contribution in [1.82, 2.24) is 0 Å². The van der Waals surface area contributed by atoms with Crippen molar-refractivity contribution in [1.29, 1.82) is 0 Å². The monoisotopic (exact) mass is 318 g/mol. The first-order chi connectivity index (χ1) is 11.0. The predicted octanol–water partition coefficient (Wildman–Crippen LogP) is 5.75. The summed E-state index contributed by atoms with van der Waals surface area (Å²) in [7, 11) is 2.91. The number of benzene rings is 3. The van der Waals surface area contributed by atoms with Gasteiger partial charge in [0.25, 0.3) is 0 Å². The number of hydrogen-bond donors (Lipinski definition) is 0. The maximum absolute atomic E-state index is 2.91. The van der Waals surface area contributed by atoms with Gasteiger partial charge < -0.3 is 0 Å². The third-order valence-corrected chi connectivity index (χ3v) is 5.35. The molecule has 0 nitrogen and oxygen atoms in total. The minimum Gasteiger partial charge on any atom is -0.105 e. The lowest BCUT2D eigenvalue weighted by Gasteiger charge is -2.18. The van der Waals surface area contributed by atoms with Crippen molar-refractivity contribution in [2.75, 3.05) is 0 Å². The van der Waals surface area contributed by atoms with Crippen molar-refractivity contribution in [3.05, 3.63) is 76.9 Å². The molecule has 0 bridgehead atoms. The fraction of sp³-hybridized carbons (Fsp3) is 0.182. The van der Waals surface area contributed by atoms with Gasteiger partial charge in [-0.05, 0) is 77.5 Å². The van der Waals surface area contributed by atoms with E-state index < -0.39 is 0 Å². The molecule has 0 aliphatic carbocycles. The number of rotatable bonds is 2. The molecule has 0 aromatic heterocycles. The average Bonchev–Trinajstić information content (AvgIpc) is 2.53. The molecule has 3 aromatic rings. The van der Waals surface area contributed by atoms with E-state index in [0.717, 1.165) is 0 Å². The summed E-state index contributed by atoms with van der Waals surface area (Å²) in [6.45, 7) is 8.80. The SMILES string of the molecule is Cc1cccc(-c2cccc(P)c2-c2cccc(C)c2C)c1C. The Bertz CT molecular complexity index is 875. The highest BCUT2D eigenvalue weighted by atomic mass is 31.0. The predicted molar refractivity (Wildman–Crippen MR) is 106 cm³/mol. The van der Waals surface area contributed by atoms with Crippen LogP contribution in [0.3, 0.4) is 0 Å². The van der Waals surface area contributed by atoms with Gasteiger partial charge in [0.05, 0.1) is 0 Å². The molecular weight excluding hydrogens is 295 g/mol. The molecule has 23 heavy (non-hydrogen) atoms. The summed E-state index contributed by atoms with van der Waals surface area (Å²) in [5.41, 5.74) is 10.7. The molecule has 1 atom stereocenters. The highest BCUT2D eigenvalue weighted by Crippen LogP contribution is 2.36. The zero-order valence-electron chi connectivity index (χ0n) is 14.3. The van der Waals surface area contributed by atoms with Crippen LogP contribution in [0.5, 0.6) is 0 Å². The Balaban J connectivity index is 2.35. The molecule has 1 unspecified atom stereocenters. The van der Waals surface area contributed by atoms with Crippen LogP contribution in [0.4, 0.5) is 0 Å². The lowest BCUT2D eigenvalue weighted by atomic mass is 9.88. The fourth-order valence-corrected chi connectivity index (χ4v) is 3.58. The molecule has 0 aliphatic heterocycles. The van der Waals surface area contributed by atoms with Crippen molar-refractivity contribution in [3.63, 3.8) is 0 Å². The van der Waals surface area contributed by atoms with Crippen LogP contribution in [0, 0.1) is 27.7 Å². The molecule has 0 saturated carbocycles. The number of hydrogen-bond acceptors (Lipinski definition) is 0. The van der Waals surface area contributed by atoms with Crippen molar-refractivity contribution in [2.24, 2.45) is 0 Å². The van der Waals surface area contributed by atoms with Gasteiger partial charge in [0.15, 0.2) is 0 Å². The first-order valence-electron chi connectivity index (χ1n) is 8.02. The Morgan fingerprint density at radius 2 is 1.04 bits per heavy atom. The highest BCUT2D eigenvalue weighted by molar-refractivity contribution is 7.28. The van der Waals surface area contributed by atoms with Gasteiger partial charge in [-0.3, -0.25) is 0 Å². The summed E-state index contributed by atoms with van der Waals surface area (Å²) in [6.07, 6.45) is 0. The molecule has 0 saturated heterocycles. The second-order valence-corrected chi connectivity index (χ2v) is 6.89. The van der Waals surface area contributed by atoms with E-state index in [0.29, 0.717) is 0 Å². The molecule has 1 heteroatoms. The Hall–Kier alpha value is -1.91. The van der Waals surface area contributed by atoms with Crippen LogP contribution in [0.2, 0.25) is 0 Å². The van der Waals surface area contributed by atoms with Crippen LogP contribution >= 0.6 is 9.24 Å². The smallest absolute Gasteiger partial charge is 0.00308 e. The largest absolute Gasteiger partial charge is 0.105 e. The third-order valence-electron chi connectivity index (χ3n) is 4.87. The van der Waals surface area contributed by atoms with E-state index in [-0.39, 0.29) is 0 Å². The summed E-state index contributed by atoms with van der Waals surface area (Å²) < 4.78 is 0. The molecule has 0 aliphatic rings. The maximum Gasteiger partial charge on any atom is -0.00308 e. The summed E-state index contributed by atoms with van der Waals surface area (Å²) in [5, 5.41) is 1.25. The van der Waals surface area contributed by atoms with E-state index in [1.165, 1.54) is 49.8 Å². The van der Waals surface area contributed by atoms with Gasteiger partial charge in [-0.15, -0.1) is 9.24 Å². The van der Waals surface area contributed by atoms with Crippen LogP contribution in [0.25, 0.3) is 22.3 Å². The Labute approximate surface area is 141 Å². The topological polar surface area (TPSA) is 0 Å². The van der Waals surface area contributed by atoms with Gasteiger partial charge in [-0.1, -0.05) is 54.6 Å². The molecule has 0 fully saturated rings. The Kier molecular flexibility index (Phi) is 4.37. The summed E-state index contributed by atoms with van der Waals surface area (Å²) >= 11 is 0. The first-order valence-corrected chi connectivity index (χ1v) is 8.60. The number of aryl methyl sites for hydroxylation is 2. The molecule has 0 radical (unpaired) electrons. The van der Waals surface area contributed by atoms with E-state index in [2.05, 4.69) is 91.5 Å². The molecular formula is C22H23P. The quantitative estimate of drug-likeness (QED) is 0.527. The summed E-state index contributed by atoms with van der Waals surface area (Å²) in [5.74, 6) is 0.